The second-order valence-electron chi connectivity index (χ2n) is 3.38. The van der Waals surface area contributed by atoms with Crippen molar-refractivity contribution in [3.05, 3.63) is 0 Å². The van der Waals surface area contributed by atoms with Crippen LogP contribution in [-0.2, 0) is 42.7 Å². The molecule has 0 aromatic heterocycles. The first kappa shape index (κ1) is 25.8. The van der Waals surface area contributed by atoms with E-state index < -0.39 is 40.8 Å². The van der Waals surface area contributed by atoms with Gasteiger partial charge in [0.05, 0.1) is 24.9 Å². The third kappa shape index (κ3) is 12.0. The predicted octanol–water partition coefficient (Wildman–Crippen LogP) is -4.31. The Hall–Kier alpha value is -0.460. The van der Waals surface area contributed by atoms with Crippen LogP contribution in [0.3, 0.4) is 0 Å². The molecular formula is C8H9NaO13S2. The monoisotopic (exact) mass is 400 g/mol. The van der Waals surface area contributed by atoms with E-state index in [9.17, 15) is 24.4 Å². The van der Waals surface area contributed by atoms with Gasteiger partial charge in [0.2, 0.25) is 0 Å². The molecule has 0 aromatic rings. The quantitative estimate of drug-likeness (QED) is 0.0837. The largest absolute Gasteiger partial charge is 1.00 e. The first-order chi connectivity index (χ1) is 10.8. The minimum atomic E-state index is -1.36. The average molecular weight is 400 g/mol. The summed E-state index contributed by atoms with van der Waals surface area (Å²) < 4.78 is 11.8. The van der Waals surface area contributed by atoms with E-state index in [1.807, 2.05) is 0 Å². The summed E-state index contributed by atoms with van der Waals surface area (Å²) in [7, 11) is 0. The van der Waals surface area contributed by atoms with Crippen molar-refractivity contribution in [2.75, 3.05) is 0 Å². The molecule has 16 heteroatoms. The smallest absolute Gasteiger partial charge is 0.691 e. The molecule has 0 aliphatic carbocycles. The maximum Gasteiger partial charge on any atom is 1.00 e. The number of cyclic esters (lactones) is 2. The van der Waals surface area contributed by atoms with E-state index in [-0.39, 0.29) is 48.0 Å². The van der Waals surface area contributed by atoms with Crippen LogP contribution in [-0.4, -0.2) is 49.8 Å². The van der Waals surface area contributed by atoms with E-state index in [4.69, 9.17) is 15.5 Å². The average Bonchev–Trinajstić information content (AvgIpc) is 2.79. The summed E-state index contributed by atoms with van der Waals surface area (Å²) in [5, 5.41) is 37.5. The molecule has 3 N–H and O–H groups in total. The first-order valence-electron chi connectivity index (χ1n) is 5.26. The van der Waals surface area contributed by atoms with Gasteiger partial charge in [-0.1, -0.05) is 5.04 Å². The standard InChI is InChI=1S/C4H6O7S.C4H4O6S.Na/c5-3(6)1-2(4(7)8)12-11-10-9;5-3-1-2(4(6)8-3)11-10-9-7;/h2,9H,1H2,(H,5,6)(H,7,8);2,7H,1H2;/q;;+1/p-1. The second-order valence-corrected chi connectivity index (χ2v) is 5.18. The molecule has 0 bridgehead atoms. The molecule has 0 radical (unpaired) electrons. The Bertz CT molecular complexity index is 432. The zero-order valence-corrected chi connectivity index (χ0v) is 15.4. The van der Waals surface area contributed by atoms with E-state index in [1.165, 1.54) is 0 Å². The number of carboxylic acids is 2. The van der Waals surface area contributed by atoms with E-state index in [0.29, 0.717) is 12.0 Å². The van der Waals surface area contributed by atoms with Crippen molar-refractivity contribution < 1.29 is 92.9 Å². The van der Waals surface area contributed by atoms with Gasteiger partial charge in [-0.2, -0.15) is 4.33 Å². The number of esters is 2. The number of aliphatic carboxylic acids is 2. The maximum absolute atomic E-state index is 10.6. The van der Waals surface area contributed by atoms with E-state index in [1.54, 1.807) is 0 Å². The third-order valence-corrected chi connectivity index (χ3v) is 3.30. The minimum Gasteiger partial charge on any atom is -0.691 e. The molecule has 1 heterocycles. The Morgan fingerprint density at radius 3 is 2.33 bits per heavy atom. The molecule has 1 aliphatic heterocycles. The summed E-state index contributed by atoms with van der Waals surface area (Å²) in [6, 6.07) is 0. The van der Waals surface area contributed by atoms with Crippen LogP contribution in [0.2, 0.25) is 0 Å². The maximum atomic E-state index is 10.6. The van der Waals surface area contributed by atoms with E-state index in [2.05, 4.69) is 23.5 Å². The van der Waals surface area contributed by atoms with Crippen molar-refractivity contribution in [2.45, 2.75) is 23.3 Å². The van der Waals surface area contributed by atoms with E-state index >= 15 is 0 Å². The van der Waals surface area contributed by atoms with Crippen molar-refractivity contribution in [1.29, 1.82) is 0 Å². The number of carbonyl (C=O) groups excluding carboxylic acids is 2. The number of carbonyl (C=O) groups is 4. The molecule has 1 fully saturated rings. The molecule has 1 aliphatic rings. The summed E-state index contributed by atoms with van der Waals surface area (Å²) in [6.45, 7) is 0. The number of hydrogen-bond donors (Lipinski definition) is 3. The number of rotatable bonds is 9. The molecule has 2 atom stereocenters. The van der Waals surface area contributed by atoms with Crippen LogP contribution in [0, 0.1) is 0 Å². The third-order valence-electron chi connectivity index (χ3n) is 1.83. The zero-order valence-electron chi connectivity index (χ0n) is 11.8. The van der Waals surface area contributed by atoms with Gasteiger partial charge in [0.15, 0.2) is 0 Å². The fraction of sp³-hybridized carbons (Fsp3) is 0.500. The van der Waals surface area contributed by atoms with Crippen molar-refractivity contribution >= 4 is 48.0 Å². The van der Waals surface area contributed by atoms with Crippen LogP contribution in [0.25, 0.3) is 0 Å². The molecule has 2 unspecified atom stereocenters. The van der Waals surface area contributed by atoms with Gasteiger partial charge in [-0.15, -0.1) is 4.33 Å². The summed E-state index contributed by atoms with van der Waals surface area (Å²) >= 11 is 0.671. The Morgan fingerprint density at radius 2 is 1.96 bits per heavy atom. The molecule has 0 aromatic carbocycles. The van der Waals surface area contributed by atoms with E-state index in [0.717, 1.165) is 0 Å². The van der Waals surface area contributed by atoms with Gasteiger partial charge in [-0.25, -0.2) is 5.26 Å². The van der Waals surface area contributed by atoms with Gasteiger partial charge in [-0.05, 0) is 0 Å². The van der Waals surface area contributed by atoms with Gasteiger partial charge in [0, 0.05) is 12.0 Å². The van der Waals surface area contributed by atoms with Gasteiger partial charge < -0.3 is 20.2 Å². The van der Waals surface area contributed by atoms with Crippen LogP contribution in [0.4, 0.5) is 0 Å². The molecule has 1 rings (SSSR count). The minimum absolute atomic E-state index is 0. The van der Waals surface area contributed by atoms with Crippen LogP contribution in [0.15, 0.2) is 0 Å². The van der Waals surface area contributed by atoms with Crippen LogP contribution < -0.4 is 34.8 Å². The topological polar surface area (TPSA) is 198 Å². The van der Waals surface area contributed by atoms with Crippen LogP contribution >= 0.6 is 24.1 Å². The summed E-state index contributed by atoms with van der Waals surface area (Å²) in [5.74, 6) is -3.98. The Labute approximate surface area is 163 Å². The summed E-state index contributed by atoms with van der Waals surface area (Å²) in [6.07, 6.45) is -0.712. The van der Waals surface area contributed by atoms with Crippen LogP contribution in [0.5, 0.6) is 0 Å². The molecule has 0 amide bonds. The Balaban J connectivity index is 0. The molecule has 132 valence electrons. The molecule has 1 saturated heterocycles. The first-order valence-corrected chi connectivity index (χ1v) is 6.87. The molecular weight excluding hydrogens is 391 g/mol. The Kier molecular flexibility index (Phi) is 15.9. The molecule has 24 heavy (non-hydrogen) atoms. The fourth-order valence-electron chi connectivity index (χ4n) is 0.977. The van der Waals surface area contributed by atoms with Crippen molar-refractivity contribution in [2.24, 2.45) is 0 Å². The molecule has 0 spiro atoms. The van der Waals surface area contributed by atoms with Crippen LogP contribution in [0.1, 0.15) is 12.8 Å². The SMILES string of the molecule is O=C(O)CC(SOOO)C(=O)O.O=C1CC(SOO[O-])C(=O)O1.[Na+]. The second kappa shape index (κ2) is 14.8. The Morgan fingerprint density at radius 1 is 1.33 bits per heavy atom. The molecule has 13 nitrogen and oxygen atoms in total. The summed E-state index contributed by atoms with van der Waals surface area (Å²) in [5.41, 5.74) is 0. The van der Waals surface area contributed by atoms with Crippen molar-refractivity contribution in [3.8, 4) is 0 Å². The molecule has 0 saturated carbocycles. The zero-order chi connectivity index (χ0) is 17.8. The number of carboxylic acid groups (broad SMARTS) is 2. The fourth-order valence-corrected chi connectivity index (χ4v) is 1.86. The van der Waals surface area contributed by atoms with Gasteiger partial charge in [0.1, 0.15) is 10.5 Å². The number of ether oxygens (including phenoxy) is 1. The predicted molar refractivity (Wildman–Crippen MR) is 65.3 cm³/mol. The van der Waals surface area contributed by atoms with Crippen molar-refractivity contribution in [1.82, 2.24) is 0 Å². The van der Waals surface area contributed by atoms with Gasteiger partial charge in [0.25, 0.3) is 0 Å². The summed E-state index contributed by atoms with van der Waals surface area (Å²) in [4.78, 5) is 41.3. The number of hydrogen-bond acceptors (Lipinski definition) is 13. The van der Waals surface area contributed by atoms with Gasteiger partial charge >= 0.3 is 53.4 Å². The normalized spacial score (nSPS) is 17.2. The van der Waals surface area contributed by atoms with Gasteiger partial charge in [-0.3, -0.25) is 24.2 Å². The van der Waals surface area contributed by atoms with Crippen molar-refractivity contribution in [3.63, 3.8) is 0 Å².